The molecule has 3 heteroatoms. The third-order valence-corrected chi connectivity index (χ3v) is 2.11. The molecule has 0 saturated carbocycles. The highest BCUT2D eigenvalue weighted by Gasteiger charge is 1.97. The van der Waals surface area contributed by atoms with Gasteiger partial charge in [0.1, 0.15) is 0 Å². The van der Waals surface area contributed by atoms with Gasteiger partial charge in [-0.2, -0.15) is 0 Å². The molecule has 0 radical (unpaired) electrons. The smallest absolute Gasteiger partial charge is 0.241 e. The highest BCUT2D eigenvalue weighted by atomic mass is 16.1. The topological polar surface area (TPSA) is 56.0 Å². The molecule has 0 bridgehead atoms. The van der Waals surface area contributed by atoms with E-state index in [1.54, 1.807) is 12.3 Å². The summed E-state index contributed by atoms with van der Waals surface area (Å²) in [5, 5.41) is 1.01. The van der Waals surface area contributed by atoms with Crippen molar-refractivity contribution in [1.82, 2.24) is 4.98 Å². The van der Waals surface area contributed by atoms with Crippen molar-refractivity contribution in [3.8, 4) is 0 Å². The van der Waals surface area contributed by atoms with Crippen LogP contribution in [0.5, 0.6) is 0 Å². The van der Waals surface area contributed by atoms with Crippen LogP contribution in [0.3, 0.4) is 0 Å². The van der Waals surface area contributed by atoms with E-state index in [0.29, 0.717) is 0 Å². The van der Waals surface area contributed by atoms with Gasteiger partial charge in [0, 0.05) is 17.7 Å². The zero-order valence-electron chi connectivity index (χ0n) is 8.05. The molecule has 1 aromatic heterocycles. The molecule has 0 unspecified atom stereocenters. The Morgan fingerprint density at radius 3 is 2.87 bits per heavy atom. The number of aromatic nitrogens is 1. The number of nitrogens with zero attached hydrogens (tertiary/aromatic N) is 1. The highest BCUT2D eigenvalue weighted by Crippen LogP contribution is 2.16. The average Bonchev–Trinajstić information content (AvgIpc) is 2.26. The minimum atomic E-state index is -0.448. The number of para-hydroxylation sites is 1. The molecule has 3 nitrogen and oxygen atoms in total. The molecule has 0 aliphatic rings. The molecule has 0 aliphatic heterocycles. The van der Waals surface area contributed by atoms with E-state index in [9.17, 15) is 4.79 Å². The van der Waals surface area contributed by atoms with Crippen LogP contribution < -0.4 is 5.73 Å². The monoisotopic (exact) mass is 198 g/mol. The Balaban J connectivity index is 2.56. The number of hydrogen-bond donors (Lipinski definition) is 1. The summed E-state index contributed by atoms with van der Waals surface area (Å²) >= 11 is 0. The van der Waals surface area contributed by atoms with Gasteiger partial charge in [0.15, 0.2) is 0 Å². The predicted molar refractivity (Wildman–Crippen MR) is 60.0 cm³/mol. The van der Waals surface area contributed by atoms with Gasteiger partial charge in [0.25, 0.3) is 0 Å². The van der Waals surface area contributed by atoms with Crippen LogP contribution in [0.1, 0.15) is 5.56 Å². The van der Waals surface area contributed by atoms with Crippen molar-refractivity contribution in [3.05, 3.63) is 48.2 Å². The number of carbonyl (C=O) groups excluding carboxylic acids is 1. The summed E-state index contributed by atoms with van der Waals surface area (Å²) in [7, 11) is 0. The lowest BCUT2D eigenvalue weighted by atomic mass is 10.1. The van der Waals surface area contributed by atoms with E-state index in [0.717, 1.165) is 16.5 Å². The van der Waals surface area contributed by atoms with Gasteiger partial charge in [0.05, 0.1) is 5.52 Å². The number of nitrogens with two attached hydrogens (primary N) is 1. The van der Waals surface area contributed by atoms with Gasteiger partial charge in [-0.1, -0.05) is 18.2 Å². The Bertz CT molecular complexity index is 527. The van der Waals surface area contributed by atoms with Crippen molar-refractivity contribution in [2.45, 2.75) is 0 Å². The van der Waals surface area contributed by atoms with Crippen molar-refractivity contribution < 1.29 is 4.79 Å². The van der Waals surface area contributed by atoms with Gasteiger partial charge < -0.3 is 5.73 Å². The van der Waals surface area contributed by atoms with Crippen LogP contribution in [0.4, 0.5) is 0 Å². The maximum atomic E-state index is 10.6. The lowest BCUT2D eigenvalue weighted by molar-refractivity contribution is -0.113. The Kier molecular flexibility index (Phi) is 2.46. The summed E-state index contributed by atoms with van der Waals surface area (Å²) in [6.45, 7) is 0. The number of fused-ring (bicyclic) bond motifs is 1. The SMILES string of the molecule is NC(=O)/C=C\c1ccnc2ccccc12. The Morgan fingerprint density at radius 2 is 2.07 bits per heavy atom. The van der Waals surface area contributed by atoms with E-state index in [2.05, 4.69) is 4.98 Å². The second-order valence-electron chi connectivity index (χ2n) is 3.15. The van der Waals surface area contributed by atoms with Crippen molar-refractivity contribution in [2.75, 3.05) is 0 Å². The van der Waals surface area contributed by atoms with E-state index in [-0.39, 0.29) is 0 Å². The van der Waals surface area contributed by atoms with Gasteiger partial charge in [-0.05, 0) is 23.8 Å². The standard InChI is InChI=1S/C12H10N2O/c13-12(15)6-5-9-7-8-14-11-4-2-1-3-10(9)11/h1-8H,(H2,13,15)/b6-5-. The minimum Gasteiger partial charge on any atom is -0.366 e. The number of primary amides is 1. The highest BCUT2D eigenvalue weighted by molar-refractivity contribution is 5.94. The molecule has 0 fully saturated rings. The zero-order chi connectivity index (χ0) is 10.7. The Morgan fingerprint density at radius 1 is 1.27 bits per heavy atom. The molecule has 2 N–H and O–H groups in total. The predicted octanol–water partition coefficient (Wildman–Crippen LogP) is 1.73. The van der Waals surface area contributed by atoms with Crippen molar-refractivity contribution in [1.29, 1.82) is 0 Å². The molecular formula is C12H10N2O. The molecule has 15 heavy (non-hydrogen) atoms. The van der Waals surface area contributed by atoms with Crippen molar-refractivity contribution in [3.63, 3.8) is 0 Å². The van der Waals surface area contributed by atoms with Gasteiger partial charge in [-0.25, -0.2) is 0 Å². The van der Waals surface area contributed by atoms with Crippen LogP contribution in [0, 0.1) is 0 Å². The van der Waals surface area contributed by atoms with E-state index >= 15 is 0 Å². The third-order valence-electron chi connectivity index (χ3n) is 2.11. The van der Waals surface area contributed by atoms with E-state index < -0.39 is 5.91 Å². The van der Waals surface area contributed by atoms with Gasteiger partial charge in [0.2, 0.25) is 5.91 Å². The summed E-state index contributed by atoms with van der Waals surface area (Å²) in [6, 6.07) is 9.60. The largest absolute Gasteiger partial charge is 0.366 e. The molecular weight excluding hydrogens is 188 g/mol. The first-order valence-electron chi connectivity index (χ1n) is 4.58. The fourth-order valence-corrected chi connectivity index (χ4v) is 1.44. The molecule has 1 heterocycles. The lowest BCUT2D eigenvalue weighted by Crippen LogP contribution is -2.05. The molecule has 0 atom stereocenters. The average molecular weight is 198 g/mol. The number of carbonyl (C=O) groups is 1. The van der Waals surface area contributed by atoms with Crippen molar-refractivity contribution >= 4 is 22.9 Å². The van der Waals surface area contributed by atoms with Crippen LogP contribution in [0.25, 0.3) is 17.0 Å². The fraction of sp³-hybridized carbons (Fsp3) is 0. The Hall–Kier alpha value is -2.16. The minimum absolute atomic E-state index is 0.448. The number of pyridine rings is 1. The first kappa shape index (κ1) is 9.40. The summed E-state index contributed by atoms with van der Waals surface area (Å²) in [6.07, 6.45) is 4.76. The Labute approximate surface area is 87.2 Å². The molecule has 0 spiro atoms. The maximum Gasteiger partial charge on any atom is 0.241 e. The second kappa shape index (κ2) is 3.92. The van der Waals surface area contributed by atoms with E-state index in [1.165, 1.54) is 6.08 Å². The lowest BCUT2D eigenvalue weighted by Gasteiger charge is -1.99. The van der Waals surface area contributed by atoms with Crippen LogP contribution in [0.15, 0.2) is 42.6 Å². The van der Waals surface area contributed by atoms with Gasteiger partial charge in [-0.15, -0.1) is 0 Å². The van der Waals surface area contributed by atoms with Crippen molar-refractivity contribution in [2.24, 2.45) is 5.73 Å². The molecule has 2 aromatic rings. The quantitative estimate of drug-likeness (QED) is 0.747. The molecule has 0 saturated heterocycles. The maximum absolute atomic E-state index is 10.6. The molecule has 1 amide bonds. The molecule has 74 valence electrons. The number of amides is 1. The molecule has 2 rings (SSSR count). The summed E-state index contributed by atoms with van der Waals surface area (Å²) in [5.74, 6) is -0.448. The number of rotatable bonds is 2. The van der Waals surface area contributed by atoms with E-state index in [4.69, 9.17) is 5.73 Å². The van der Waals surface area contributed by atoms with Crippen LogP contribution in [0.2, 0.25) is 0 Å². The molecule has 0 aliphatic carbocycles. The first-order chi connectivity index (χ1) is 7.27. The summed E-state index contributed by atoms with van der Waals surface area (Å²) < 4.78 is 0. The summed E-state index contributed by atoms with van der Waals surface area (Å²) in [5.41, 5.74) is 6.89. The molecule has 1 aromatic carbocycles. The van der Waals surface area contributed by atoms with Crippen LogP contribution >= 0.6 is 0 Å². The van der Waals surface area contributed by atoms with Crippen LogP contribution in [-0.4, -0.2) is 10.9 Å². The third kappa shape index (κ3) is 2.02. The van der Waals surface area contributed by atoms with Crippen LogP contribution in [-0.2, 0) is 4.79 Å². The van der Waals surface area contributed by atoms with Gasteiger partial charge in [-0.3, -0.25) is 9.78 Å². The zero-order valence-corrected chi connectivity index (χ0v) is 8.05. The fourth-order valence-electron chi connectivity index (χ4n) is 1.44. The second-order valence-corrected chi connectivity index (χ2v) is 3.15. The first-order valence-corrected chi connectivity index (χ1v) is 4.58. The summed E-state index contributed by atoms with van der Waals surface area (Å²) in [4.78, 5) is 14.8. The normalized spacial score (nSPS) is 10.9. The van der Waals surface area contributed by atoms with Gasteiger partial charge >= 0.3 is 0 Å². The number of benzene rings is 1. The number of hydrogen-bond acceptors (Lipinski definition) is 2. The van der Waals surface area contributed by atoms with E-state index in [1.807, 2.05) is 30.3 Å².